The van der Waals surface area contributed by atoms with E-state index in [0.29, 0.717) is 17.8 Å². The summed E-state index contributed by atoms with van der Waals surface area (Å²) in [6.45, 7) is 0.115. The summed E-state index contributed by atoms with van der Waals surface area (Å²) in [6, 6.07) is 0. The summed E-state index contributed by atoms with van der Waals surface area (Å²) in [5, 5.41) is 5.72. The van der Waals surface area contributed by atoms with E-state index < -0.39 is 0 Å². The molecule has 9 heteroatoms. The standard InChI is InChI=1S/C11H16N8O/c1-12-9-15-10(14-6-8(20)18(2)3)17-11(16-9)19-5-4-13-7-19/h4-5,7H,6H2,1-3H3,(H2,12,14,15,16,17). The molecule has 0 aliphatic heterocycles. The Bertz CT molecular complexity index is 580. The summed E-state index contributed by atoms with van der Waals surface area (Å²) in [4.78, 5) is 29.6. The zero-order chi connectivity index (χ0) is 14.5. The Morgan fingerprint density at radius 2 is 2.05 bits per heavy atom. The van der Waals surface area contributed by atoms with E-state index >= 15 is 0 Å². The molecule has 0 saturated carbocycles. The lowest BCUT2D eigenvalue weighted by molar-refractivity contribution is -0.126. The van der Waals surface area contributed by atoms with Gasteiger partial charge in [-0.25, -0.2) is 4.98 Å². The van der Waals surface area contributed by atoms with E-state index in [4.69, 9.17) is 0 Å². The maximum absolute atomic E-state index is 11.5. The fourth-order valence-electron chi connectivity index (χ4n) is 1.36. The van der Waals surface area contributed by atoms with Crippen LogP contribution in [0.4, 0.5) is 11.9 Å². The van der Waals surface area contributed by atoms with Gasteiger partial charge >= 0.3 is 0 Å². The maximum atomic E-state index is 11.5. The van der Waals surface area contributed by atoms with Crippen molar-refractivity contribution in [2.75, 3.05) is 38.3 Å². The molecule has 0 aromatic carbocycles. The molecule has 0 aliphatic carbocycles. The number of hydrogen-bond donors (Lipinski definition) is 2. The predicted molar refractivity (Wildman–Crippen MR) is 73.7 cm³/mol. The highest BCUT2D eigenvalue weighted by molar-refractivity contribution is 5.79. The van der Waals surface area contributed by atoms with Gasteiger partial charge in [0, 0.05) is 33.5 Å². The molecule has 2 rings (SSSR count). The second kappa shape index (κ2) is 5.95. The van der Waals surface area contributed by atoms with Crippen LogP contribution in [0.25, 0.3) is 5.95 Å². The molecule has 1 amide bonds. The van der Waals surface area contributed by atoms with E-state index in [-0.39, 0.29) is 12.5 Å². The quantitative estimate of drug-likeness (QED) is 0.766. The summed E-state index contributed by atoms with van der Waals surface area (Å²) < 4.78 is 1.65. The monoisotopic (exact) mass is 276 g/mol. The zero-order valence-electron chi connectivity index (χ0n) is 11.5. The second-order valence-electron chi connectivity index (χ2n) is 4.14. The van der Waals surface area contributed by atoms with Crippen molar-refractivity contribution in [2.45, 2.75) is 0 Å². The Kier molecular flexibility index (Phi) is 4.08. The summed E-state index contributed by atoms with van der Waals surface area (Å²) >= 11 is 0. The molecule has 2 N–H and O–H groups in total. The van der Waals surface area contributed by atoms with Crippen molar-refractivity contribution in [1.82, 2.24) is 29.4 Å². The van der Waals surface area contributed by atoms with Crippen molar-refractivity contribution in [3.8, 4) is 5.95 Å². The van der Waals surface area contributed by atoms with E-state index in [2.05, 4.69) is 30.6 Å². The normalized spacial score (nSPS) is 10.2. The van der Waals surface area contributed by atoms with Gasteiger partial charge in [-0.15, -0.1) is 0 Å². The minimum Gasteiger partial charge on any atom is -0.357 e. The van der Waals surface area contributed by atoms with Crippen molar-refractivity contribution < 1.29 is 4.79 Å². The highest BCUT2D eigenvalue weighted by Gasteiger charge is 2.09. The molecular formula is C11H16N8O. The number of rotatable bonds is 5. The van der Waals surface area contributed by atoms with Gasteiger partial charge in [0.2, 0.25) is 23.8 Å². The van der Waals surface area contributed by atoms with Crippen LogP contribution >= 0.6 is 0 Å². The summed E-state index contributed by atoms with van der Waals surface area (Å²) in [6.07, 6.45) is 4.94. The Morgan fingerprint density at radius 3 is 2.65 bits per heavy atom. The number of nitrogens with one attached hydrogen (secondary N) is 2. The van der Waals surface area contributed by atoms with E-state index in [1.54, 1.807) is 44.4 Å². The number of carbonyl (C=O) groups is 1. The molecule has 0 spiro atoms. The first kappa shape index (κ1) is 13.7. The Labute approximate surface area is 116 Å². The highest BCUT2D eigenvalue weighted by atomic mass is 16.2. The fourth-order valence-corrected chi connectivity index (χ4v) is 1.36. The minimum atomic E-state index is -0.0689. The largest absolute Gasteiger partial charge is 0.357 e. The maximum Gasteiger partial charge on any atom is 0.241 e. The van der Waals surface area contributed by atoms with Crippen LogP contribution in [-0.2, 0) is 4.79 Å². The molecule has 0 saturated heterocycles. The SMILES string of the molecule is CNc1nc(NCC(=O)N(C)C)nc(-n2ccnc2)n1. The van der Waals surface area contributed by atoms with Gasteiger partial charge in [-0.05, 0) is 0 Å². The van der Waals surface area contributed by atoms with Crippen LogP contribution in [0.2, 0.25) is 0 Å². The summed E-state index contributed by atoms with van der Waals surface area (Å²) in [5.41, 5.74) is 0. The molecule has 0 radical (unpaired) electrons. The summed E-state index contributed by atoms with van der Waals surface area (Å²) in [7, 11) is 5.09. The van der Waals surface area contributed by atoms with Gasteiger partial charge < -0.3 is 15.5 Å². The Morgan fingerprint density at radius 1 is 1.30 bits per heavy atom. The van der Waals surface area contributed by atoms with Crippen molar-refractivity contribution in [3.05, 3.63) is 18.7 Å². The van der Waals surface area contributed by atoms with Crippen LogP contribution in [0.3, 0.4) is 0 Å². The minimum absolute atomic E-state index is 0.0689. The highest BCUT2D eigenvalue weighted by Crippen LogP contribution is 2.08. The molecule has 0 aliphatic rings. The smallest absolute Gasteiger partial charge is 0.241 e. The molecular weight excluding hydrogens is 260 g/mol. The molecule has 0 atom stereocenters. The van der Waals surface area contributed by atoms with E-state index in [0.717, 1.165) is 0 Å². The number of aromatic nitrogens is 5. The summed E-state index contributed by atoms with van der Waals surface area (Å²) in [5.74, 6) is 1.08. The average molecular weight is 276 g/mol. The second-order valence-corrected chi connectivity index (χ2v) is 4.14. The van der Waals surface area contributed by atoms with Gasteiger partial charge in [0.1, 0.15) is 6.33 Å². The van der Waals surface area contributed by atoms with Gasteiger partial charge in [0.05, 0.1) is 6.54 Å². The Balaban J connectivity index is 2.20. The molecule has 2 heterocycles. The zero-order valence-corrected chi connectivity index (χ0v) is 11.5. The number of hydrogen-bond acceptors (Lipinski definition) is 7. The van der Waals surface area contributed by atoms with Gasteiger partial charge in [-0.2, -0.15) is 15.0 Å². The lowest BCUT2D eigenvalue weighted by Crippen LogP contribution is -2.29. The van der Waals surface area contributed by atoms with Gasteiger partial charge in [-0.1, -0.05) is 0 Å². The molecule has 0 bridgehead atoms. The van der Waals surface area contributed by atoms with E-state index in [9.17, 15) is 4.79 Å². The number of anilines is 2. The number of nitrogens with zero attached hydrogens (tertiary/aromatic N) is 6. The third-order valence-electron chi connectivity index (χ3n) is 2.48. The molecule has 0 fully saturated rings. The third-order valence-corrected chi connectivity index (χ3v) is 2.48. The first-order chi connectivity index (χ1) is 9.60. The van der Waals surface area contributed by atoms with Crippen LogP contribution in [0, 0.1) is 0 Å². The topological polar surface area (TPSA) is 101 Å². The van der Waals surface area contributed by atoms with E-state index in [1.165, 1.54) is 4.90 Å². The van der Waals surface area contributed by atoms with Crippen LogP contribution in [0.15, 0.2) is 18.7 Å². The molecule has 106 valence electrons. The van der Waals surface area contributed by atoms with Gasteiger partial charge in [0.25, 0.3) is 0 Å². The van der Waals surface area contributed by atoms with Crippen LogP contribution < -0.4 is 10.6 Å². The first-order valence-electron chi connectivity index (χ1n) is 5.96. The van der Waals surface area contributed by atoms with E-state index in [1.807, 2.05) is 0 Å². The number of imidazole rings is 1. The molecule has 2 aromatic rings. The van der Waals surface area contributed by atoms with Crippen molar-refractivity contribution in [1.29, 1.82) is 0 Å². The van der Waals surface area contributed by atoms with Crippen molar-refractivity contribution in [3.63, 3.8) is 0 Å². The lowest BCUT2D eigenvalue weighted by atomic mass is 10.5. The van der Waals surface area contributed by atoms with Gasteiger partial charge in [0.15, 0.2) is 0 Å². The number of carbonyl (C=O) groups excluding carboxylic acids is 1. The third kappa shape index (κ3) is 3.19. The van der Waals surface area contributed by atoms with Crippen LogP contribution in [0.1, 0.15) is 0 Å². The first-order valence-corrected chi connectivity index (χ1v) is 5.96. The van der Waals surface area contributed by atoms with Crippen molar-refractivity contribution >= 4 is 17.8 Å². The fraction of sp³-hybridized carbons (Fsp3) is 0.364. The Hall–Kier alpha value is -2.71. The number of likely N-dealkylation sites (N-methyl/N-ethyl adjacent to an activating group) is 1. The molecule has 20 heavy (non-hydrogen) atoms. The predicted octanol–water partition coefficient (Wildman–Crippen LogP) is -0.401. The molecule has 0 unspecified atom stereocenters. The molecule has 2 aromatic heterocycles. The molecule has 9 nitrogen and oxygen atoms in total. The van der Waals surface area contributed by atoms with Crippen molar-refractivity contribution in [2.24, 2.45) is 0 Å². The number of amides is 1. The van der Waals surface area contributed by atoms with Gasteiger partial charge in [-0.3, -0.25) is 9.36 Å². The van der Waals surface area contributed by atoms with Crippen LogP contribution in [-0.4, -0.2) is 63.0 Å². The lowest BCUT2D eigenvalue weighted by Gasteiger charge is -2.12. The average Bonchev–Trinajstić information content (AvgIpc) is 2.98. The van der Waals surface area contributed by atoms with Crippen LogP contribution in [0.5, 0.6) is 0 Å².